The molecule has 0 unspecified atom stereocenters. The van der Waals surface area contributed by atoms with E-state index < -0.39 is 0 Å². The molecule has 0 saturated carbocycles. The maximum atomic E-state index is 5.37. The fraction of sp³-hybridized carbons (Fsp3) is 0.222. The molecule has 15 heavy (non-hydrogen) atoms. The van der Waals surface area contributed by atoms with E-state index in [2.05, 4.69) is 16.8 Å². The Kier molecular flexibility index (Phi) is 3.39. The van der Waals surface area contributed by atoms with Crippen LogP contribution in [0.2, 0.25) is 0 Å². The lowest BCUT2D eigenvalue weighted by Gasteiger charge is -2.13. The second-order valence-corrected chi connectivity index (χ2v) is 3.23. The van der Waals surface area contributed by atoms with Crippen LogP contribution in [0.5, 0.6) is 0 Å². The van der Waals surface area contributed by atoms with Gasteiger partial charge < -0.3 is 10.6 Å². The molecule has 1 heterocycles. The molecule has 0 saturated heterocycles. The van der Waals surface area contributed by atoms with Crippen LogP contribution in [0.3, 0.4) is 0 Å². The molecule has 0 aliphatic carbocycles. The van der Waals surface area contributed by atoms with Gasteiger partial charge in [0.05, 0.1) is 5.69 Å². The van der Waals surface area contributed by atoms with Crippen molar-refractivity contribution in [2.45, 2.75) is 13.8 Å². The third-order valence-electron chi connectivity index (χ3n) is 2.02. The monoisotopic (exact) mass is 228 g/mol. The maximum absolute atomic E-state index is 5.37. The van der Waals surface area contributed by atoms with E-state index in [9.17, 15) is 0 Å². The molecule has 6 heteroatoms. The van der Waals surface area contributed by atoms with Crippen molar-refractivity contribution in [3.8, 4) is 0 Å². The first-order chi connectivity index (χ1) is 6.66. The lowest BCUT2D eigenvalue weighted by atomic mass is 10.1. The maximum Gasteiger partial charge on any atom is 0.327 e. The molecule has 2 rings (SSSR count). The zero-order chi connectivity index (χ0) is 10.1. The summed E-state index contributed by atoms with van der Waals surface area (Å²) in [6, 6.07) is 6.16. The number of hydrogen-bond acceptors (Lipinski definition) is 5. The van der Waals surface area contributed by atoms with Gasteiger partial charge in [-0.1, -0.05) is 22.8 Å². The number of aryl methyl sites for hydroxylation is 2. The third kappa shape index (κ3) is 2.31. The van der Waals surface area contributed by atoms with Gasteiger partial charge in [0.25, 0.3) is 0 Å². The largest absolute Gasteiger partial charge is 0.351 e. The molecule has 0 atom stereocenters. The number of rotatable bonds is 1. The number of halogens is 1. The predicted octanol–water partition coefficient (Wildman–Crippen LogP) is 1.21. The molecule has 0 spiro atoms. The Balaban J connectivity index is 0.00000112. The molecule has 3 N–H and O–H groups in total. The zero-order valence-electron chi connectivity index (χ0n) is 8.52. The predicted molar refractivity (Wildman–Crippen MR) is 61.5 cm³/mol. The number of nitrogens with zero attached hydrogens (tertiary/aromatic N) is 2. The lowest BCUT2D eigenvalue weighted by molar-refractivity contribution is 0.199. The van der Waals surface area contributed by atoms with Crippen molar-refractivity contribution in [3.63, 3.8) is 0 Å². The number of nitrogens with one attached hydrogen (secondary N) is 1. The average molecular weight is 229 g/mol. The fourth-order valence-corrected chi connectivity index (χ4v) is 1.38. The van der Waals surface area contributed by atoms with Gasteiger partial charge >= 0.3 is 6.02 Å². The van der Waals surface area contributed by atoms with Crippen molar-refractivity contribution in [1.29, 1.82) is 0 Å². The topological polar surface area (TPSA) is 62.9 Å². The highest BCUT2D eigenvalue weighted by molar-refractivity contribution is 5.85. The molecule has 1 aromatic carbocycles. The van der Waals surface area contributed by atoms with Gasteiger partial charge in [-0.25, -0.2) is 0 Å². The smallest absolute Gasteiger partial charge is 0.327 e. The van der Waals surface area contributed by atoms with Gasteiger partial charge in [0.1, 0.15) is 0 Å². The first-order valence-electron chi connectivity index (χ1n) is 4.31. The van der Waals surface area contributed by atoms with Gasteiger partial charge in [0.15, 0.2) is 0 Å². The number of hydrazone groups is 1. The summed E-state index contributed by atoms with van der Waals surface area (Å²) in [4.78, 5) is 4.81. The van der Waals surface area contributed by atoms with Crippen LogP contribution in [-0.2, 0) is 4.84 Å². The van der Waals surface area contributed by atoms with E-state index in [0.29, 0.717) is 0 Å². The quantitative estimate of drug-likeness (QED) is 0.759. The number of amidine groups is 1. The van der Waals surface area contributed by atoms with E-state index in [1.54, 1.807) is 0 Å². The Morgan fingerprint density at radius 1 is 1.40 bits per heavy atom. The SMILES string of the molecule is Cc1ccc(N2N=C(N)ON2)c(C)c1.Cl. The number of benzene rings is 1. The summed E-state index contributed by atoms with van der Waals surface area (Å²) >= 11 is 0. The Bertz CT molecular complexity index is 394. The number of nitrogens with two attached hydrogens (primary N) is 1. The summed E-state index contributed by atoms with van der Waals surface area (Å²) in [6.07, 6.45) is 0. The summed E-state index contributed by atoms with van der Waals surface area (Å²) in [5, 5.41) is 5.45. The second-order valence-electron chi connectivity index (χ2n) is 3.23. The molecule has 1 aliphatic rings. The van der Waals surface area contributed by atoms with E-state index in [1.165, 1.54) is 10.7 Å². The average Bonchev–Trinajstić information content (AvgIpc) is 2.51. The molecule has 0 aromatic heterocycles. The molecular formula is C9H13ClN4O. The van der Waals surface area contributed by atoms with Crippen LogP contribution in [0.15, 0.2) is 23.3 Å². The molecule has 5 nitrogen and oxygen atoms in total. The van der Waals surface area contributed by atoms with Crippen LogP contribution in [-0.4, -0.2) is 6.02 Å². The van der Waals surface area contributed by atoms with E-state index >= 15 is 0 Å². The van der Waals surface area contributed by atoms with E-state index in [-0.39, 0.29) is 18.4 Å². The Morgan fingerprint density at radius 2 is 2.13 bits per heavy atom. The molecule has 1 aliphatic heterocycles. The van der Waals surface area contributed by atoms with Crippen molar-refractivity contribution in [2.75, 3.05) is 5.12 Å². The Labute approximate surface area is 94.2 Å². The zero-order valence-corrected chi connectivity index (χ0v) is 9.34. The number of hydrazine groups is 1. The van der Waals surface area contributed by atoms with Crippen LogP contribution >= 0.6 is 12.4 Å². The molecule has 82 valence electrons. The van der Waals surface area contributed by atoms with Gasteiger partial charge in [-0.15, -0.1) is 12.4 Å². The summed E-state index contributed by atoms with van der Waals surface area (Å²) in [5.41, 5.74) is 11.2. The van der Waals surface area contributed by atoms with Crippen LogP contribution in [0.4, 0.5) is 5.69 Å². The van der Waals surface area contributed by atoms with Crippen molar-refractivity contribution in [1.82, 2.24) is 5.59 Å². The molecule has 0 radical (unpaired) electrons. The highest BCUT2D eigenvalue weighted by Crippen LogP contribution is 2.21. The molecule has 1 aromatic rings. The molecular weight excluding hydrogens is 216 g/mol. The first-order valence-corrected chi connectivity index (χ1v) is 4.31. The van der Waals surface area contributed by atoms with Crippen molar-refractivity contribution in [2.24, 2.45) is 10.8 Å². The highest BCUT2D eigenvalue weighted by atomic mass is 35.5. The van der Waals surface area contributed by atoms with E-state index in [4.69, 9.17) is 10.6 Å². The summed E-state index contributed by atoms with van der Waals surface area (Å²) in [5.74, 6) is 0. The Morgan fingerprint density at radius 3 is 2.67 bits per heavy atom. The fourth-order valence-electron chi connectivity index (χ4n) is 1.38. The van der Waals surface area contributed by atoms with Gasteiger partial charge in [-0.05, 0) is 31.1 Å². The minimum atomic E-state index is 0. The van der Waals surface area contributed by atoms with Crippen molar-refractivity contribution in [3.05, 3.63) is 29.3 Å². The minimum Gasteiger partial charge on any atom is -0.351 e. The number of hydrogen-bond donors (Lipinski definition) is 2. The van der Waals surface area contributed by atoms with Gasteiger partial charge in [-0.3, -0.25) is 0 Å². The van der Waals surface area contributed by atoms with Crippen LogP contribution < -0.4 is 16.4 Å². The summed E-state index contributed by atoms with van der Waals surface area (Å²) < 4.78 is 0. The third-order valence-corrected chi connectivity index (χ3v) is 2.02. The van der Waals surface area contributed by atoms with Crippen molar-refractivity contribution >= 4 is 24.1 Å². The van der Waals surface area contributed by atoms with Gasteiger partial charge in [0.2, 0.25) is 0 Å². The van der Waals surface area contributed by atoms with Crippen LogP contribution in [0, 0.1) is 13.8 Å². The standard InChI is InChI=1S/C9H12N4O.ClH/c1-6-3-4-8(7(2)5-6)13-11-9(10)14-12-13;/h3-5,12H,1-2H3,(H2,10,11);1H. The lowest BCUT2D eigenvalue weighted by Crippen LogP contribution is -2.28. The summed E-state index contributed by atoms with van der Waals surface area (Å²) in [7, 11) is 0. The summed E-state index contributed by atoms with van der Waals surface area (Å²) in [6.45, 7) is 4.05. The Hall–Kier alpha value is -1.46. The van der Waals surface area contributed by atoms with Crippen LogP contribution in [0.1, 0.15) is 11.1 Å². The first kappa shape index (κ1) is 11.6. The molecule has 0 amide bonds. The second kappa shape index (κ2) is 4.37. The minimum absolute atomic E-state index is 0. The van der Waals surface area contributed by atoms with Crippen molar-refractivity contribution < 1.29 is 4.84 Å². The van der Waals surface area contributed by atoms with Gasteiger partial charge in [0, 0.05) is 0 Å². The molecule has 0 fully saturated rings. The van der Waals surface area contributed by atoms with E-state index in [0.717, 1.165) is 11.3 Å². The molecule has 0 bridgehead atoms. The van der Waals surface area contributed by atoms with Crippen LogP contribution in [0.25, 0.3) is 0 Å². The normalized spacial score (nSPS) is 14.3. The highest BCUT2D eigenvalue weighted by Gasteiger charge is 2.15. The number of anilines is 1. The van der Waals surface area contributed by atoms with E-state index in [1.807, 2.05) is 26.0 Å². The van der Waals surface area contributed by atoms with Gasteiger partial charge in [-0.2, -0.15) is 5.12 Å².